The first-order valence-electron chi connectivity index (χ1n) is 6.90. The van der Waals surface area contributed by atoms with Crippen LogP contribution in [0, 0.1) is 6.92 Å². The first kappa shape index (κ1) is 13.4. The summed E-state index contributed by atoms with van der Waals surface area (Å²) in [4.78, 5) is 8.90. The first-order valence-corrected chi connectivity index (χ1v) is 6.90. The number of aromatic nitrogens is 3. The molecule has 5 heteroatoms. The van der Waals surface area contributed by atoms with E-state index in [1.165, 1.54) is 0 Å². The summed E-state index contributed by atoms with van der Waals surface area (Å²) in [7, 11) is 1.69. The van der Waals surface area contributed by atoms with Crippen LogP contribution in [0.4, 0.5) is 5.95 Å². The lowest BCUT2D eigenvalue weighted by molar-refractivity contribution is 0.408. The maximum Gasteiger partial charge on any atom is 0.202 e. The molecule has 2 aromatic heterocycles. The summed E-state index contributed by atoms with van der Waals surface area (Å²) in [5, 5.41) is 0. The Morgan fingerprint density at radius 1 is 1.14 bits per heavy atom. The number of nitrogens with two attached hydrogens (primary N) is 1. The number of ether oxygens (including phenoxy) is 1. The van der Waals surface area contributed by atoms with Crippen LogP contribution >= 0.6 is 0 Å². The van der Waals surface area contributed by atoms with Gasteiger partial charge in [0.2, 0.25) is 5.95 Å². The van der Waals surface area contributed by atoms with E-state index in [1.54, 1.807) is 7.11 Å². The van der Waals surface area contributed by atoms with E-state index in [9.17, 15) is 0 Å². The molecule has 5 nitrogen and oxygen atoms in total. The minimum absolute atomic E-state index is 0.498. The van der Waals surface area contributed by atoms with Gasteiger partial charge in [-0.3, -0.25) is 4.57 Å². The second kappa shape index (κ2) is 5.44. The van der Waals surface area contributed by atoms with Crippen molar-refractivity contribution in [2.24, 2.45) is 0 Å². The standard InChI is InChI=1S/C16H18N4O/c1-11-7-8-13-15(18-11)20(16(17)19-13)10-9-12-5-3-4-6-14(12)21-2/h3-8H,9-10H2,1-2H3,(H2,17,19). The largest absolute Gasteiger partial charge is 0.496 e. The van der Waals surface area contributed by atoms with Crippen molar-refractivity contribution in [2.75, 3.05) is 12.8 Å². The monoisotopic (exact) mass is 282 g/mol. The summed E-state index contributed by atoms with van der Waals surface area (Å²) in [5.41, 5.74) is 9.79. The summed E-state index contributed by atoms with van der Waals surface area (Å²) in [6.07, 6.45) is 0.815. The molecule has 0 fully saturated rings. The molecule has 3 rings (SSSR count). The van der Waals surface area contributed by atoms with Crippen molar-refractivity contribution in [1.82, 2.24) is 14.5 Å². The average molecular weight is 282 g/mol. The van der Waals surface area contributed by atoms with Gasteiger partial charge in [-0.25, -0.2) is 9.97 Å². The zero-order valence-electron chi connectivity index (χ0n) is 12.2. The Bertz CT molecular complexity index is 779. The lowest BCUT2D eigenvalue weighted by atomic mass is 10.1. The van der Waals surface area contributed by atoms with Gasteiger partial charge in [0.05, 0.1) is 7.11 Å². The van der Waals surface area contributed by atoms with Gasteiger partial charge in [-0.1, -0.05) is 18.2 Å². The van der Waals surface area contributed by atoms with Gasteiger partial charge in [-0.2, -0.15) is 0 Å². The molecule has 1 aromatic carbocycles. The van der Waals surface area contributed by atoms with E-state index in [2.05, 4.69) is 16.0 Å². The van der Waals surface area contributed by atoms with Crippen molar-refractivity contribution in [1.29, 1.82) is 0 Å². The third kappa shape index (κ3) is 2.54. The number of fused-ring (bicyclic) bond motifs is 1. The molecule has 0 aliphatic rings. The molecule has 0 atom stereocenters. The Morgan fingerprint density at radius 2 is 1.95 bits per heavy atom. The van der Waals surface area contributed by atoms with E-state index >= 15 is 0 Å². The zero-order chi connectivity index (χ0) is 14.8. The smallest absolute Gasteiger partial charge is 0.202 e. The summed E-state index contributed by atoms with van der Waals surface area (Å²) in [6, 6.07) is 11.9. The lowest BCUT2D eigenvalue weighted by Crippen LogP contribution is -2.07. The van der Waals surface area contributed by atoms with Crippen LogP contribution in [0.1, 0.15) is 11.3 Å². The number of hydrogen-bond acceptors (Lipinski definition) is 4. The average Bonchev–Trinajstić information content (AvgIpc) is 2.80. The van der Waals surface area contributed by atoms with Gasteiger partial charge in [0.1, 0.15) is 11.3 Å². The molecule has 2 heterocycles. The van der Waals surface area contributed by atoms with Gasteiger partial charge in [0, 0.05) is 12.2 Å². The minimum atomic E-state index is 0.498. The van der Waals surface area contributed by atoms with Crippen molar-refractivity contribution >= 4 is 17.1 Å². The van der Waals surface area contributed by atoms with E-state index in [-0.39, 0.29) is 0 Å². The van der Waals surface area contributed by atoms with E-state index in [1.807, 2.05) is 41.8 Å². The molecule has 0 saturated heterocycles. The topological polar surface area (TPSA) is 66.0 Å². The fourth-order valence-corrected chi connectivity index (χ4v) is 2.48. The molecule has 108 valence electrons. The highest BCUT2D eigenvalue weighted by Gasteiger charge is 2.10. The van der Waals surface area contributed by atoms with Crippen LogP contribution in [0.15, 0.2) is 36.4 Å². The molecule has 0 bridgehead atoms. The Morgan fingerprint density at radius 3 is 2.76 bits per heavy atom. The SMILES string of the molecule is COc1ccccc1CCn1c(N)nc2ccc(C)nc21. The number of hydrogen-bond donors (Lipinski definition) is 1. The molecule has 0 aliphatic heterocycles. The Hall–Kier alpha value is -2.56. The van der Waals surface area contributed by atoms with E-state index < -0.39 is 0 Å². The van der Waals surface area contributed by atoms with Crippen LogP contribution in [0.5, 0.6) is 5.75 Å². The number of anilines is 1. The number of methoxy groups -OCH3 is 1. The second-order valence-electron chi connectivity index (χ2n) is 4.98. The van der Waals surface area contributed by atoms with Crippen molar-refractivity contribution < 1.29 is 4.74 Å². The predicted octanol–water partition coefficient (Wildman–Crippen LogP) is 2.57. The van der Waals surface area contributed by atoms with Gasteiger partial charge in [-0.05, 0) is 37.1 Å². The molecule has 0 radical (unpaired) electrons. The molecular formula is C16H18N4O. The summed E-state index contributed by atoms with van der Waals surface area (Å²) < 4.78 is 7.33. The Kier molecular flexibility index (Phi) is 3.48. The zero-order valence-corrected chi connectivity index (χ0v) is 12.2. The van der Waals surface area contributed by atoms with E-state index in [4.69, 9.17) is 10.5 Å². The third-order valence-electron chi connectivity index (χ3n) is 3.56. The van der Waals surface area contributed by atoms with Crippen LogP contribution in [-0.2, 0) is 13.0 Å². The highest BCUT2D eigenvalue weighted by molar-refractivity contribution is 5.74. The van der Waals surface area contributed by atoms with Crippen LogP contribution in [0.3, 0.4) is 0 Å². The normalized spacial score (nSPS) is 11.0. The van der Waals surface area contributed by atoms with Gasteiger partial charge in [0.15, 0.2) is 5.65 Å². The van der Waals surface area contributed by atoms with Gasteiger partial charge in [0.25, 0.3) is 0 Å². The Balaban J connectivity index is 1.91. The van der Waals surface area contributed by atoms with E-state index in [0.717, 1.165) is 41.1 Å². The molecule has 3 aromatic rings. The molecule has 0 unspecified atom stereocenters. The number of rotatable bonds is 4. The minimum Gasteiger partial charge on any atom is -0.496 e. The highest BCUT2D eigenvalue weighted by atomic mass is 16.5. The number of nitrogens with zero attached hydrogens (tertiary/aromatic N) is 3. The fourth-order valence-electron chi connectivity index (χ4n) is 2.48. The van der Waals surface area contributed by atoms with Gasteiger partial charge < -0.3 is 10.5 Å². The highest BCUT2D eigenvalue weighted by Crippen LogP contribution is 2.21. The molecule has 0 amide bonds. The predicted molar refractivity (Wildman–Crippen MR) is 83.4 cm³/mol. The van der Waals surface area contributed by atoms with Crippen LogP contribution in [0.25, 0.3) is 11.2 Å². The van der Waals surface area contributed by atoms with Gasteiger partial charge >= 0.3 is 0 Å². The number of para-hydroxylation sites is 1. The van der Waals surface area contributed by atoms with Gasteiger partial charge in [-0.15, -0.1) is 0 Å². The summed E-state index contributed by atoms with van der Waals surface area (Å²) in [6.45, 7) is 2.69. The van der Waals surface area contributed by atoms with Crippen LogP contribution in [0.2, 0.25) is 0 Å². The first-order chi connectivity index (χ1) is 10.2. The maximum atomic E-state index is 6.02. The van der Waals surface area contributed by atoms with Crippen molar-refractivity contribution in [3.63, 3.8) is 0 Å². The quantitative estimate of drug-likeness (QED) is 0.798. The summed E-state index contributed by atoms with van der Waals surface area (Å²) in [5.74, 6) is 1.39. The number of aryl methyl sites for hydroxylation is 3. The van der Waals surface area contributed by atoms with Crippen LogP contribution < -0.4 is 10.5 Å². The fraction of sp³-hybridized carbons (Fsp3) is 0.250. The summed E-state index contributed by atoms with van der Waals surface area (Å²) >= 11 is 0. The number of nitrogen functional groups attached to an aromatic ring is 1. The molecule has 0 aliphatic carbocycles. The molecule has 2 N–H and O–H groups in total. The lowest BCUT2D eigenvalue weighted by Gasteiger charge is -2.10. The number of benzene rings is 1. The number of pyridine rings is 1. The van der Waals surface area contributed by atoms with E-state index in [0.29, 0.717) is 5.95 Å². The Labute approximate surface area is 123 Å². The molecule has 0 saturated carbocycles. The second-order valence-corrected chi connectivity index (χ2v) is 4.98. The third-order valence-corrected chi connectivity index (χ3v) is 3.56. The molecule has 0 spiro atoms. The number of imidazole rings is 1. The maximum absolute atomic E-state index is 6.02. The van der Waals surface area contributed by atoms with Crippen molar-refractivity contribution in [2.45, 2.75) is 19.9 Å². The molecular weight excluding hydrogens is 264 g/mol. The van der Waals surface area contributed by atoms with Crippen LogP contribution in [-0.4, -0.2) is 21.6 Å². The van der Waals surface area contributed by atoms with Crippen molar-refractivity contribution in [3.8, 4) is 5.75 Å². The van der Waals surface area contributed by atoms with Crippen molar-refractivity contribution in [3.05, 3.63) is 47.7 Å². The molecule has 21 heavy (non-hydrogen) atoms.